The second-order valence-corrected chi connectivity index (χ2v) is 1.50. The van der Waals surface area contributed by atoms with Crippen LogP contribution in [0.15, 0.2) is 12.8 Å². The van der Waals surface area contributed by atoms with Crippen LogP contribution in [0.5, 0.6) is 0 Å². The Kier molecular flexibility index (Phi) is 3.03. The predicted molar refractivity (Wildman–Crippen MR) is 27.2 cm³/mol. The van der Waals surface area contributed by atoms with Crippen LogP contribution >= 0.6 is 0 Å². The molecule has 0 bridgehead atoms. The normalized spacial score (nSPS) is 11.4. The first-order valence-corrected chi connectivity index (χ1v) is 2.41. The molecular formula is C5H4F4O2. The largest absolute Gasteiger partial charge is 0.431 e. The lowest BCUT2D eigenvalue weighted by Gasteiger charge is -2.10. The highest BCUT2D eigenvalue weighted by molar-refractivity contribution is 5.78. The van der Waals surface area contributed by atoms with E-state index in [0.717, 1.165) is 0 Å². The van der Waals surface area contributed by atoms with E-state index in [1.165, 1.54) is 0 Å². The van der Waals surface area contributed by atoms with Crippen molar-refractivity contribution in [3.8, 4) is 0 Å². The first-order valence-electron chi connectivity index (χ1n) is 2.41. The Morgan fingerprint density at radius 1 is 1.55 bits per heavy atom. The lowest BCUT2D eigenvalue weighted by molar-refractivity contribution is -0.188. The number of esters is 1. The summed E-state index contributed by atoms with van der Waals surface area (Å²) in [5.74, 6) is -7.06. The number of hydrogen-bond donors (Lipinski definition) is 0. The molecule has 2 nitrogen and oxygen atoms in total. The molecular weight excluding hydrogens is 168 g/mol. The average Bonchev–Trinajstić information content (AvgIpc) is 1.88. The molecule has 0 aromatic heterocycles. The summed E-state index contributed by atoms with van der Waals surface area (Å²) in [5.41, 5.74) is 0. The summed E-state index contributed by atoms with van der Waals surface area (Å²) in [7, 11) is 0. The Labute approximate surface area is 59.4 Å². The maximum atomic E-state index is 11.9. The van der Waals surface area contributed by atoms with E-state index >= 15 is 0 Å². The number of ether oxygens (including phenoxy) is 1. The SMILES string of the molecule is C=COC(=O)C(F)(F)C(F)F. The highest BCUT2D eigenvalue weighted by atomic mass is 19.3. The van der Waals surface area contributed by atoms with Crippen LogP contribution in [0.4, 0.5) is 17.6 Å². The quantitative estimate of drug-likeness (QED) is 0.367. The molecule has 0 atom stereocenters. The molecule has 6 heteroatoms. The van der Waals surface area contributed by atoms with Gasteiger partial charge in [0.25, 0.3) is 0 Å². The minimum Gasteiger partial charge on any atom is -0.431 e. The minimum atomic E-state index is -4.76. The molecule has 0 aliphatic rings. The lowest BCUT2D eigenvalue weighted by Crippen LogP contribution is -2.37. The minimum absolute atomic E-state index is 0.360. The van der Waals surface area contributed by atoms with Crippen LogP contribution in [-0.2, 0) is 9.53 Å². The Morgan fingerprint density at radius 3 is 2.27 bits per heavy atom. The Balaban J connectivity index is 4.29. The number of carbonyl (C=O) groups excluding carboxylic acids is 1. The van der Waals surface area contributed by atoms with E-state index in [0.29, 0.717) is 6.26 Å². The van der Waals surface area contributed by atoms with E-state index in [9.17, 15) is 22.4 Å². The van der Waals surface area contributed by atoms with E-state index in [1.807, 2.05) is 0 Å². The van der Waals surface area contributed by atoms with Gasteiger partial charge in [-0.15, -0.1) is 0 Å². The number of hydrogen-bond acceptors (Lipinski definition) is 2. The second-order valence-electron chi connectivity index (χ2n) is 1.50. The molecule has 0 unspecified atom stereocenters. The molecule has 0 aromatic rings. The molecule has 0 aliphatic carbocycles. The first-order chi connectivity index (χ1) is 4.92. The second kappa shape index (κ2) is 3.36. The van der Waals surface area contributed by atoms with Crippen LogP contribution in [-0.4, -0.2) is 18.3 Å². The van der Waals surface area contributed by atoms with Crippen LogP contribution in [0.1, 0.15) is 0 Å². The van der Waals surface area contributed by atoms with Gasteiger partial charge in [-0.05, 0) is 0 Å². The van der Waals surface area contributed by atoms with Crippen molar-refractivity contribution in [2.75, 3.05) is 0 Å². The fourth-order valence-corrected chi connectivity index (χ4v) is 0.243. The maximum Gasteiger partial charge on any atom is 0.402 e. The van der Waals surface area contributed by atoms with Crippen LogP contribution in [0.2, 0.25) is 0 Å². The molecule has 64 valence electrons. The van der Waals surface area contributed by atoms with Gasteiger partial charge in [0.2, 0.25) is 0 Å². The zero-order valence-electron chi connectivity index (χ0n) is 5.19. The van der Waals surface area contributed by atoms with Gasteiger partial charge < -0.3 is 4.74 Å². The van der Waals surface area contributed by atoms with Crippen LogP contribution in [0.3, 0.4) is 0 Å². The third kappa shape index (κ3) is 2.21. The molecule has 0 saturated carbocycles. The van der Waals surface area contributed by atoms with Gasteiger partial charge in [-0.25, -0.2) is 13.6 Å². The van der Waals surface area contributed by atoms with Gasteiger partial charge in [-0.3, -0.25) is 0 Å². The summed E-state index contributed by atoms with van der Waals surface area (Å²) in [6.07, 6.45) is -3.70. The van der Waals surface area contributed by atoms with E-state index in [1.54, 1.807) is 0 Å². The van der Waals surface area contributed by atoms with Crippen molar-refractivity contribution in [1.29, 1.82) is 0 Å². The van der Waals surface area contributed by atoms with Gasteiger partial charge in [0.05, 0.1) is 6.26 Å². The monoisotopic (exact) mass is 172 g/mol. The van der Waals surface area contributed by atoms with Crippen molar-refractivity contribution in [1.82, 2.24) is 0 Å². The van der Waals surface area contributed by atoms with Crippen LogP contribution in [0, 0.1) is 0 Å². The molecule has 0 aliphatic heterocycles. The first kappa shape index (κ1) is 9.93. The van der Waals surface area contributed by atoms with Crippen molar-refractivity contribution < 1.29 is 27.1 Å². The topological polar surface area (TPSA) is 26.3 Å². The van der Waals surface area contributed by atoms with E-state index < -0.39 is 18.3 Å². The zero-order chi connectivity index (χ0) is 9.07. The number of rotatable bonds is 3. The lowest BCUT2D eigenvalue weighted by atomic mass is 10.4. The summed E-state index contributed by atoms with van der Waals surface area (Å²) in [6, 6.07) is 0. The molecule has 0 amide bonds. The number of halogens is 4. The third-order valence-electron chi connectivity index (χ3n) is 0.737. The summed E-state index contributed by atoms with van der Waals surface area (Å²) < 4.78 is 49.8. The summed E-state index contributed by atoms with van der Waals surface area (Å²) in [4.78, 5) is 9.98. The third-order valence-corrected chi connectivity index (χ3v) is 0.737. The summed E-state index contributed by atoms with van der Waals surface area (Å²) in [6.45, 7) is 2.75. The van der Waals surface area contributed by atoms with Gasteiger partial charge >= 0.3 is 18.3 Å². The molecule has 0 rings (SSSR count). The molecule has 0 saturated heterocycles. The molecule has 0 spiro atoms. The fourth-order valence-electron chi connectivity index (χ4n) is 0.243. The Bertz CT molecular complexity index is 166. The van der Waals surface area contributed by atoms with Crippen LogP contribution < -0.4 is 0 Å². The van der Waals surface area contributed by atoms with Crippen molar-refractivity contribution in [2.24, 2.45) is 0 Å². The molecule has 11 heavy (non-hydrogen) atoms. The average molecular weight is 172 g/mol. The van der Waals surface area contributed by atoms with Crippen LogP contribution in [0.25, 0.3) is 0 Å². The van der Waals surface area contributed by atoms with Gasteiger partial charge in [0.15, 0.2) is 0 Å². The molecule has 0 N–H and O–H groups in total. The van der Waals surface area contributed by atoms with Crippen molar-refractivity contribution in [3.63, 3.8) is 0 Å². The number of carbonyl (C=O) groups is 1. The molecule has 0 heterocycles. The zero-order valence-corrected chi connectivity index (χ0v) is 5.19. The van der Waals surface area contributed by atoms with Gasteiger partial charge in [0.1, 0.15) is 0 Å². The van der Waals surface area contributed by atoms with E-state index in [-0.39, 0.29) is 0 Å². The summed E-state index contributed by atoms with van der Waals surface area (Å²) >= 11 is 0. The van der Waals surface area contributed by atoms with Gasteiger partial charge in [0, 0.05) is 0 Å². The summed E-state index contributed by atoms with van der Waals surface area (Å²) in [5, 5.41) is 0. The maximum absolute atomic E-state index is 11.9. The van der Waals surface area contributed by atoms with Crippen molar-refractivity contribution in [2.45, 2.75) is 12.3 Å². The standard InChI is InChI=1S/C5H4F4O2/c1-2-11-4(10)5(8,9)3(6)7/h2-3H,1H2. The smallest absolute Gasteiger partial charge is 0.402 e. The molecule has 0 radical (unpaired) electrons. The highest BCUT2D eigenvalue weighted by Gasteiger charge is 2.50. The van der Waals surface area contributed by atoms with Gasteiger partial charge in [-0.2, -0.15) is 8.78 Å². The van der Waals surface area contributed by atoms with E-state index in [2.05, 4.69) is 11.3 Å². The molecule has 0 aromatic carbocycles. The Hall–Kier alpha value is -1.07. The predicted octanol–water partition coefficient (Wildman–Crippen LogP) is 1.57. The fraction of sp³-hybridized carbons (Fsp3) is 0.400. The molecule has 0 fully saturated rings. The van der Waals surface area contributed by atoms with Crippen molar-refractivity contribution in [3.05, 3.63) is 12.8 Å². The number of alkyl halides is 4. The van der Waals surface area contributed by atoms with E-state index in [4.69, 9.17) is 0 Å². The van der Waals surface area contributed by atoms with Gasteiger partial charge in [-0.1, -0.05) is 6.58 Å². The highest BCUT2D eigenvalue weighted by Crippen LogP contribution is 2.24. The van der Waals surface area contributed by atoms with Crippen molar-refractivity contribution >= 4 is 5.97 Å². The Morgan fingerprint density at radius 2 is 2.00 bits per heavy atom.